The molecule has 7 nitrogen and oxygen atoms in total. The van der Waals surface area contributed by atoms with Gasteiger partial charge in [-0.2, -0.15) is 0 Å². The van der Waals surface area contributed by atoms with Crippen LogP contribution < -0.4 is 5.32 Å². The summed E-state index contributed by atoms with van der Waals surface area (Å²) in [5.74, 6) is -1.93. The van der Waals surface area contributed by atoms with Crippen molar-refractivity contribution in [2.75, 3.05) is 6.54 Å². The number of amides is 1. The van der Waals surface area contributed by atoms with Gasteiger partial charge in [0.1, 0.15) is 12.4 Å². The van der Waals surface area contributed by atoms with Crippen LogP contribution in [-0.4, -0.2) is 38.6 Å². The smallest absolute Gasteiger partial charge is 0.322 e. The maximum Gasteiger partial charge on any atom is 0.322 e. The standard InChI is InChI=1S/C17H19N3O4/c1-9-4-5-12(6-10(9)2)7-13-16(23)15(20-11(3)19-13)17(24)18-8-14(21)22/h4-6,23H,7-8H2,1-3H3,(H,18,24)(H,21,22). The fourth-order valence-electron chi connectivity index (χ4n) is 2.25. The van der Waals surface area contributed by atoms with Crippen LogP contribution in [0.25, 0.3) is 0 Å². The molecule has 0 aliphatic heterocycles. The average Bonchev–Trinajstić information content (AvgIpc) is 2.51. The number of hydrogen-bond acceptors (Lipinski definition) is 5. The first-order valence-electron chi connectivity index (χ1n) is 7.40. The van der Waals surface area contributed by atoms with Gasteiger partial charge in [0.2, 0.25) is 0 Å². The summed E-state index contributed by atoms with van der Waals surface area (Å²) in [4.78, 5) is 30.7. The predicted octanol–water partition coefficient (Wildman–Crippen LogP) is 1.51. The van der Waals surface area contributed by atoms with Crippen molar-refractivity contribution in [1.82, 2.24) is 15.3 Å². The van der Waals surface area contributed by atoms with Crippen molar-refractivity contribution in [3.63, 3.8) is 0 Å². The Kier molecular flexibility index (Phi) is 5.13. The molecule has 1 heterocycles. The largest absolute Gasteiger partial charge is 0.504 e. The molecular weight excluding hydrogens is 310 g/mol. The summed E-state index contributed by atoms with van der Waals surface area (Å²) in [5.41, 5.74) is 3.34. The van der Waals surface area contributed by atoms with Crippen LogP contribution in [0.2, 0.25) is 0 Å². The van der Waals surface area contributed by atoms with Crippen molar-refractivity contribution in [3.05, 3.63) is 52.1 Å². The average molecular weight is 329 g/mol. The van der Waals surface area contributed by atoms with Crippen molar-refractivity contribution in [3.8, 4) is 5.75 Å². The molecule has 3 N–H and O–H groups in total. The molecule has 2 aromatic rings. The summed E-state index contributed by atoms with van der Waals surface area (Å²) in [5, 5.41) is 21.1. The van der Waals surface area contributed by atoms with Crippen molar-refractivity contribution in [1.29, 1.82) is 0 Å². The molecule has 0 unspecified atom stereocenters. The van der Waals surface area contributed by atoms with E-state index < -0.39 is 18.4 Å². The third-order valence-corrected chi connectivity index (χ3v) is 3.63. The summed E-state index contributed by atoms with van der Waals surface area (Å²) in [6.45, 7) is 5.07. The molecule has 1 amide bonds. The van der Waals surface area contributed by atoms with E-state index in [4.69, 9.17) is 5.11 Å². The molecule has 0 fully saturated rings. The summed E-state index contributed by atoms with van der Waals surface area (Å²) in [7, 11) is 0. The molecule has 0 saturated carbocycles. The lowest BCUT2D eigenvalue weighted by Gasteiger charge is -2.10. The van der Waals surface area contributed by atoms with Gasteiger partial charge in [0.25, 0.3) is 5.91 Å². The van der Waals surface area contributed by atoms with Gasteiger partial charge in [0, 0.05) is 6.42 Å². The van der Waals surface area contributed by atoms with E-state index in [1.807, 2.05) is 32.0 Å². The number of carboxylic acid groups (broad SMARTS) is 1. The number of carbonyl (C=O) groups is 2. The van der Waals surface area contributed by atoms with Crippen LogP contribution in [0.15, 0.2) is 18.2 Å². The third-order valence-electron chi connectivity index (χ3n) is 3.63. The molecule has 0 atom stereocenters. The predicted molar refractivity (Wildman–Crippen MR) is 87.1 cm³/mol. The van der Waals surface area contributed by atoms with E-state index in [9.17, 15) is 14.7 Å². The van der Waals surface area contributed by atoms with E-state index in [1.165, 1.54) is 0 Å². The first-order chi connectivity index (χ1) is 11.3. The SMILES string of the molecule is Cc1nc(Cc2ccc(C)c(C)c2)c(O)c(C(=O)NCC(=O)O)n1. The van der Waals surface area contributed by atoms with Gasteiger partial charge in [-0.05, 0) is 37.5 Å². The van der Waals surface area contributed by atoms with Crippen LogP contribution >= 0.6 is 0 Å². The van der Waals surface area contributed by atoms with Gasteiger partial charge < -0.3 is 15.5 Å². The Morgan fingerprint density at radius 2 is 1.83 bits per heavy atom. The summed E-state index contributed by atoms with van der Waals surface area (Å²) < 4.78 is 0. The van der Waals surface area contributed by atoms with Gasteiger partial charge in [0.15, 0.2) is 11.4 Å². The minimum Gasteiger partial charge on any atom is -0.504 e. The molecule has 0 aliphatic carbocycles. The molecule has 0 bridgehead atoms. The number of aliphatic carboxylic acids is 1. The van der Waals surface area contributed by atoms with Gasteiger partial charge in [-0.3, -0.25) is 9.59 Å². The van der Waals surface area contributed by atoms with Crippen LogP contribution in [0.3, 0.4) is 0 Å². The number of aromatic hydroxyl groups is 1. The van der Waals surface area contributed by atoms with Crippen molar-refractivity contribution in [2.45, 2.75) is 27.2 Å². The number of nitrogens with one attached hydrogen (secondary N) is 1. The first kappa shape index (κ1) is 17.4. The number of benzene rings is 1. The molecule has 0 spiro atoms. The first-order valence-corrected chi connectivity index (χ1v) is 7.40. The number of carbonyl (C=O) groups excluding carboxylic acids is 1. The lowest BCUT2D eigenvalue weighted by atomic mass is 10.0. The van der Waals surface area contributed by atoms with Crippen LogP contribution in [-0.2, 0) is 11.2 Å². The molecule has 7 heteroatoms. The topological polar surface area (TPSA) is 112 Å². The maximum absolute atomic E-state index is 12.0. The zero-order valence-electron chi connectivity index (χ0n) is 13.8. The van der Waals surface area contributed by atoms with Gasteiger partial charge in [-0.1, -0.05) is 18.2 Å². The zero-order valence-corrected chi connectivity index (χ0v) is 13.8. The minimum atomic E-state index is -1.18. The van der Waals surface area contributed by atoms with Gasteiger partial charge in [0.05, 0.1) is 5.69 Å². The van der Waals surface area contributed by atoms with Crippen LogP contribution in [0, 0.1) is 20.8 Å². The fourth-order valence-corrected chi connectivity index (χ4v) is 2.25. The van der Waals surface area contributed by atoms with E-state index in [0.717, 1.165) is 16.7 Å². The van der Waals surface area contributed by atoms with E-state index in [2.05, 4.69) is 15.3 Å². The number of aryl methyl sites for hydroxylation is 3. The number of nitrogens with zero attached hydrogens (tertiary/aromatic N) is 2. The normalized spacial score (nSPS) is 10.5. The van der Waals surface area contributed by atoms with Crippen LogP contribution in [0.5, 0.6) is 5.75 Å². The molecule has 1 aromatic heterocycles. The van der Waals surface area contributed by atoms with E-state index >= 15 is 0 Å². The highest BCUT2D eigenvalue weighted by Gasteiger charge is 2.19. The number of aromatic nitrogens is 2. The number of hydrogen-bond donors (Lipinski definition) is 3. The molecule has 1 aromatic carbocycles. The van der Waals surface area contributed by atoms with Gasteiger partial charge >= 0.3 is 5.97 Å². The number of carboxylic acids is 1. The molecule has 126 valence electrons. The molecular formula is C17H19N3O4. The minimum absolute atomic E-state index is 0.220. The summed E-state index contributed by atoms with van der Waals surface area (Å²) in [6, 6.07) is 5.91. The molecule has 0 saturated heterocycles. The second kappa shape index (κ2) is 7.08. The highest BCUT2D eigenvalue weighted by molar-refractivity contribution is 5.96. The van der Waals surface area contributed by atoms with Crippen LogP contribution in [0.4, 0.5) is 0 Å². The Labute approximate surface area is 139 Å². The highest BCUT2D eigenvalue weighted by Crippen LogP contribution is 2.23. The van der Waals surface area contributed by atoms with Crippen molar-refractivity contribution in [2.24, 2.45) is 0 Å². The summed E-state index contributed by atoms with van der Waals surface area (Å²) in [6.07, 6.45) is 0.343. The lowest BCUT2D eigenvalue weighted by Crippen LogP contribution is -2.30. The summed E-state index contributed by atoms with van der Waals surface area (Å²) >= 11 is 0. The monoisotopic (exact) mass is 329 g/mol. The van der Waals surface area contributed by atoms with E-state index in [1.54, 1.807) is 6.92 Å². The van der Waals surface area contributed by atoms with E-state index in [-0.39, 0.29) is 11.4 Å². The van der Waals surface area contributed by atoms with Crippen LogP contribution in [0.1, 0.15) is 38.7 Å². The van der Waals surface area contributed by atoms with E-state index in [0.29, 0.717) is 17.9 Å². The maximum atomic E-state index is 12.0. The van der Waals surface area contributed by atoms with Crippen molar-refractivity contribution < 1.29 is 19.8 Å². The number of rotatable bonds is 5. The second-order valence-electron chi connectivity index (χ2n) is 5.59. The quantitative estimate of drug-likeness (QED) is 0.766. The lowest BCUT2D eigenvalue weighted by molar-refractivity contribution is -0.135. The molecule has 0 radical (unpaired) electrons. The van der Waals surface area contributed by atoms with Crippen molar-refractivity contribution >= 4 is 11.9 Å². The fraction of sp³-hybridized carbons (Fsp3) is 0.294. The zero-order chi connectivity index (χ0) is 17.9. The Morgan fingerprint density at radius 3 is 2.46 bits per heavy atom. The highest BCUT2D eigenvalue weighted by atomic mass is 16.4. The molecule has 2 rings (SSSR count). The van der Waals surface area contributed by atoms with Gasteiger partial charge in [-0.25, -0.2) is 9.97 Å². The Bertz CT molecular complexity index is 803. The molecule has 24 heavy (non-hydrogen) atoms. The molecule has 0 aliphatic rings. The Morgan fingerprint density at radius 1 is 1.12 bits per heavy atom. The van der Waals surface area contributed by atoms with Gasteiger partial charge in [-0.15, -0.1) is 0 Å². The Hall–Kier alpha value is -2.96. The Balaban J connectivity index is 2.32. The second-order valence-corrected chi connectivity index (χ2v) is 5.59. The third kappa shape index (κ3) is 4.07.